The van der Waals surface area contributed by atoms with Crippen molar-refractivity contribution in [2.45, 2.75) is 11.3 Å². The molecular weight excluding hydrogens is 305 g/mol. The number of methoxy groups -OCH3 is 1. The van der Waals surface area contributed by atoms with Crippen molar-refractivity contribution in [3.8, 4) is 17.1 Å². The molecule has 1 aromatic carbocycles. The fraction of sp³-hybridized carbons (Fsp3) is 0.250. The summed E-state index contributed by atoms with van der Waals surface area (Å²) >= 11 is 0.961. The summed E-state index contributed by atoms with van der Waals surface area (Å²) in [5.41, 5.74) is -0.239. The third kappa shape index (κ3) is 2.60. The third-order valence-corrected chi connectivity index (χ3v) is 3.78. The van der Waals surface area contributed by atoms with Gasteiger partial charge >= 0.3 is 6.18 Å². The van der Waals surface area contributed by atoms with Crippen LogP contribution < -0.4 is 4.74 Å². The summed E-state index contributed by atoms with van der Waals surface area (Å²) in [6, 6.07) is 6.78. The van der Waals surface area contributed by atoms with E-state index in [-0.39, 0.29) is 11.6 Å². The molecule has 0 amide bonds. The summed E-state index contributed by atoms with van der Waals surface area (Å²) < 4.78 is 44.4. The second-order valence-electron chi connectivity index (χ2n) is 4.18. The van der Waals surface area contributed by atoms with Crippen LogP contribution in [0.5, 0.6) is 5.75 Å². The van der Waals surface area contributed by atoms with E-state index in [9.17, 15) is 13.2 Å². The molecule has 0 fully saturated rings. The third-order valence-electron chi connectivity index (χ3n) is 2.85. The number of thioether (sulfide) groups is 1. The number of alkyl halides is 3. The molecule has 0 atom stereocenters. The number of benzene rings is 1. The molecule has 0 aliphatic carbocycles. The van der Waals surface area contributed by atoms with Crippen LogP contribution in [0.4, 0.5) is 13.2 Å². The molecule has 0 radical (unpaired) electrons. The Morgan fingerprint density at radius 3 is 2.52 bits per heavy atom. The lowest BCUT2D eigenvalue weighted by molar-refractivity contribution is -0.0595. The lowest BCUT2D eigenvalue weighted by Gasteiger charge is -2.15. The number of nitrogens with zero attached hydrogens (tertiary/aromatic N) is 4. The normalized spacial score (nSPS) is 14.6. The Bertz CT molecular complexity index is 694. The SMILES string of the molecule is COc1ccc(-c2nnc3n2N=C(C(F)(F)F)CS3)cc1. The fourth-order valence-corrected chi connectivity index (χ4v) is 2.62. The minimum Gasteiger partial charge on any atom is -0.497 e. The largest absolute Gasteiger partial charge is 0.497 e. The number of hydrogen-bond acceptors (Lipinski definition) is 5. The maximum absolute atomic E-state index is 12.8. The van der Waals surface area contributed by atoms with Crippen molar-refractivity contribution in [1.29, 1.82) is 0 Å². The molecular formula is C12H9F3N4OS. The van der Waals surface area contributed by atoms with Crippen molar-refractivity contribution in [2.24, 2.45) is 5.10 Å². The zero-order chi connectivity index (χ0) is 15.0. The van der Waals surface area contributed by atoms with E-state index < -0.39 is 11.9 Å². The Balaban J connectivity index is 2.03. The Labute approximate surface area is 121 Å². The smallest absolute Gasteiger partial charge is 0.432 e. The van der Waals surface area contributed by atoms with Gasteiger partial charge in [0.2, 0.25) is 5.16 Å². The van der Waals surface area contributed by atoms with Crippen LogP contribution in [0.25, 0.3) is 11.4 Å². The van der Waals surface area contributed by atoms with Gasteiger partial charge in [0.15, 0.2) is 11.5 Å². The topological polar surface area (TPSA) is 52.3 Å². The molecule has 5 nitrogen and oxygen atoms in total. The van der Waals surface area contributed by atoms with E-state index >= 15 is 0 Å². The predicted octanol–water partition coefficient (Wildman–Crippen LogP) is 2.83. The maximum atomic E-state index is 12.8. The van der Waals surface area contributed by atoms with Crippen molar-refractivity contribution >= 4 is 17.5 Å². The fourth-order valence-electron chi connectivity index (χ4n) is 1.79. The van der Waals surface area contributed by atoms with Gasteiger partial charge in [0, 0.05) is 5.56 Å². The van der Waals surface area contributed by atoms with E-state index in [0.717, 1.165) is 16.4 Å². The summed E-state index contributed by atoms with van der Waals surface area (Å²) in [7, 11) is 1.53. The van der Waals surface area contributed by atoms with E-state index in [1.165, 1.54) is 7.11 Å². The van der Waals surface area contributed by atoms with Gasteiger partial charge in [0.1, 0.15) is 5.75 Å². The highest BCUT2D eigenvalue weighted by molar-refractivity contribution is 7.99. The van der Waals surface area contributed by atoms with E-state index in [1.54, 1.807) is 24.3 Å². The molecule has 1 aliphatic heterocycles. The van der Waals surface area contributed by atoms with Crippen LogP contribution in [-0.4, -0.2) is 39.6 Å². The first-order chi connectivity index (χ1) is 9.99. The molecule has 0 bridgehead atoms. The lowest BCUT2D eigenvalue weighted by Crippen LogP contribution is -2.28. The van der Waals surface area contributed by atoms with Crippen LogP contribution >= 0.6 is 11.8 Å². The standard InChI is InChI=1S/C12H9F3N4OS/c1-20-8-4-2-7(3-5-8)10-16-17-11-19(10)18-9(6-21-11)12(13,14)15/h2-5H,6H2,1H3. The number of rotatable bonds is 2. The van der Waals surface area contributed by atoms with Gasteiger partial charge in [0.25, 0.3) is 0 Å². The van der Waals surface area contributed by atoms with Gasteiger partial charge in [-0.3, -0.25) is 0 Å². The zero-order valence-electron chi connectivity index (χ0n) is 10.8. The Morgan fingerprint density at radius 2 is 1.90 bits per heavy atom. The minimum atomic E-state index is -4.45. The second kappa shape index (κ2) is 5.06. The van der Waals surface area contributed by atoms with Crippen molar-refractivity contribution in [3.05, 3.63) is 24.3 Å². The Morgan fingerprint density at radius 1 is 1.19 bits per heavy atom. The molecule has 1 aromatic heterocycles. The van der Waals surface area contributed by atoms with Crippen LogP contribution in [0.1, 0.15) is 0 Å². The molecule has 21 heavy (non-hydrogen) atoms. The van der Waals surface area contributed by atoms with E-state index in [4.69, 9.17) is 4.74 Å². The summed E-state index contributed by atoms with van der Waals surface area (Å²) in [6.45, 7) is 0. The monoisotopic (exact) mass is 314 g/mol. The molecule has 0 N–H and O–H groups in total. The molecule has 0 saturated carbocycles. The first-order valence-corrected chi connectivity index (χ1v) is 6.85. The van der Waals surface area contributed by atoms with Crippen molar-refractivity contribution < 1.29 is 17.9 Å². The number of aromatic nitrogens is 3. The molecule has 0 unspecified atom stereocenters. The number of halogens is 3. The van der Waals surface area contributed by atoms with E-state index in [1.807, 2.05) is 0 Å². The van der Waals surface area contributed by atoms with Gasteiger partial charge < -0.3 is 4.74 Å². The van der Waals surface area contributed by atoms with E-state index in [0.29, 0.717) is 16.5 Å². The van der Waals surface area contributed by atoms with Gasteiger partial charge in [-0.25, -0.2) is 0 Å². The molecule has 0 spiro atoms. The van der Waals surface area contributed by atoms with E-state index in [2.05, 4.69) is 15.3 Å². The van der Waals surface area contributed by atoms with Gasteiger partial charge in [-0.15, -0.1) is 10.2 Å². The molecule has 3 rings (SSSR count). The highest BCUT2D eigenvalue weighted by atomic mass is 32.2. The summed E-state index contributed by atoms with van der Waals surface area (Å²) in [5, 5.41) is 11.7. The summed E-state index contributed by atoms with van der Waals surface area (Å²) in [4.78, 5) is 0. The van der Waals surface area contributed by atoms with Crippen molar-refractivity contribution in [1.82, 2.24) is 14.9 Å². The molecule has 9 heteroatoms. The number of hydrogen-bond donors (Lipinski definition) is 0. The number of ether oxygens (including phenoxy) is 1. The number of fused-ring (bicyclic) bond motifs is 1. The lowest BCUT2D eigenvalue weighted by atomic mass is 10.2. The predicted molar refractivity (Wildman–Crippen MR) is 71.6 cm³/mol. The molecule has 2 heterocycles. The highest BCUT2D eigenvalue weighted by Crippen LogP contribution is 2.31. The first-order valence-electron chi connectivity index (χ1n) is 5.87. The van der Waals surface area contributed by atoms with Gasteiger partial charge in [-0.05, 0) is 24.3 Å². The average Bonchev–Trinajstić information content (AvgIpc) is 2.89. The first kappa shape index (κ1) is 13.9. The maximum Gasteiger partial charge on any atom is 0.432 e. The van der Waals surface area contributed by atoms with Crippen LogP contribution in [0.15, 0.2) is 34.5 Å². The van der Waals surface area contributed by atoms with Gasteiger partial charge in [-0.2, -0.15) is 22.9 Å². The van der Waals surface area contributed by atoms with Gasteiger partial charge in [0.05, 0.1) is 12.9 Å². The second-order valence-corrected chi connectivity index (χ2v) is 5.12. The quantitative estimate of drug-likeness (QED) is 0.855. The molecule has 0 saturated heterocycles. The highest BCUT2D eigenvalue weighted by Gasteiger charge is 2.38. The summed E-state index contributed by atoms with van der Waals surface area (Å²) in [5.74, 6) is 0.650. The molecule has 110 valence electrons. The Hall–Kier alpha value is -2.03. The van der Waals surface area contributed by atoms with Gasteiger partial charge in [-0.1, -0.05) is 11.8 Å². The molecule has 1 aliphatic rings. The van der Waals surface area contributed by atoms with Crippen molar-refractivity contribution in [3.63, 3.8) is 0 Å². The van der Waals surface area contributed by atoms with Crippen molar-refractivity contribution in [2.75, 3.05) is 12.9 Å². The average molecular weight is 314 g/mol. The Kier molecular flexibility index (Phi) is 3.36. The summed E-state index contributed by atoms with van der Waals surface area (Å²) in [6.07, 6.45) is -4.45. The zero-order valence-corrected chi connectivity index (χ0v) is 11.6. The molecule has 2 aromatic rings. The minimum absolute atomic E-state index is 0.260. The van der Waals surface area contributed by atoms with Crippen LogP contribution in [0.3, 0.4) is 0 Å². The van der Waals surface area contributed by atoms with Crippen LogP contribution in [0.2, 0.25) is 0 Å². The van der Waals surface area contributed by atoms with Crippen LogP contribution in [0, 0.1) is 0 Å². The van der Waals surface area contributed by atoms with Crippen LogP contribution in [-0.2, 0) is 0 Å².